The number of fused-ring (bicyclic) bond motifs is 1. The third-order valence-corrected chi connectivity index (χ3v) is 5.79. The molecular formula is C24H30O8. The molecule has 0 aromatic rings. The average Bonchev–Trinajstić information content (AvgIpc) is 2.99. The van der Waals surface area contributed by atoms with Crippen molar-refractivity contribution in [2.75, 3.05) is 0 Å². The van der Waals surface area contributed by atoms with Crippen LogP contribution in [0.25, 0.3) is 0 Å². The Balaban J connectivity index is 2.71. The molecule has 0 unspecified atom stereocenters. The molecule has 0 radical (unpaired) electrons. The van der Waals surface area contributed by atoms with Crippen LogP contribution in [0, 0.1) is 11.8 Å². The maximum absolute atomic E-state index is 12.9. The van der Waals surface area contributed by atoms with Crippen LogP contribution >= 0.6 is 0 Å². The van der Waals surface area contributed by atoms with Gasteiger partial charge in [0.05, 0.1) is 5.92 Å². The number of carbonyl (C=O) groups excluding carboxylic acids is 4. The van der Waals surface area contributed by atoms with Gasteiger partial charge in [-0.2, -0.15) is 0 Å². The summed E-state index contributed by atoms with van der Waals surface area (Å²) in [5.74, 6) is -4.25. The van der Waals surface area contributed by atoms with Gasteiger partial charge in [-0.15, -0.1) is 0 Å². The number of hydrogen-bond donors (Lipinski definition) is 1. The molecule has 6 atom stereocenters. The fraction of sp³-hybridized carbons (Fsp3) is 0.500. The molecular weight excluding hydrogens is 416 g/mol. The van der Waals surface area contributed by atoms with E-state index in [2.05, 4.69) is 13.2 Å². The van der Waals surface area contributed by atoms with Gasteiger partial charge in [-0.3, -0.25) is 4.79 Å². The second-order valence-electron chi connectivity index (χ2n) is 8.53. The van der Waals surface area contributed by atoms with Gasteiger partial charge in [-0.05, 0) is 46.1 Å². The van der Waals surface area contributed by atoms with Gasteiger partial charge in [0.1, 0.15) is 6.10 Å². The van der Waals surface area contributed by atoms with Crippen molar-refractivity contribution in [3.05, 3.63) is 48.1 Å². The lowest BCUT2D eigenvalue weighted by Gasteiger charge is -2.39. The van der Waals surface area contributed by atoms with Gasteiger partial charge in [0.2, 0.25) is 0 Å². The van der Waals surface area contributed by atoms with Gasteiger partial charge in [0.25, 0.3) is 0 Å². The number of ether oxygens (including phenoxy) is 3. The lowest BCUT2D eigenvalue weighted by molar-refractivity contribution is -0.193. The van der Waals surface area contributed by atoms with Crippen molar-refractivity contribution < 1.29 is 38.5 Å². The van der Waals surface area contributed by atoms with Gasteiger partial charge in [-0.25, -0.2) is 14.4 Å². The molecule has 2 rings (SSSR count). The third-order valence-electron chi connectivity index (χ3n) is 5.79. The Labute approximate surface area is 187 Å². The van der Waals surface area contributed by atoms with E-state index in [0.29, 0.717) is 6.42 Å². The van der Waals surface area contributed by atoms with E-state index in [0.717, 1.165) is 0 Å². The van der Waals surface area contributed by atoms with Crippen LogP contribution in [0.5, 0.6) is 0 Å². The maximum atomic E-state index is 12.9. The number of ketones is 1. The standard InChI is InChI=1S/C24H30O8/c1-8-14(5)22(27)32-20-19(31-21(26)12(2)3)18-15(6)23(28)30-16(18)11-13(4)9-10-17(25)24(20,7)29/h8-10,13,16,18-20,29H,2,6,11H2,1,3-5,7H3/b10-9-,14-8-/t13-,16-,18+,19+,20-,24-/m1/s1. The lowest BCUT2D eigenvalue weighted by Crippen LogP contribution is -2.58. The first kappa shape index (κ1) is 25.3. The van der Waals surface area contributed by atoms with E-state index in [9.17, 15) is 24.3 Å². The summed E-state index contributed by atoms with van der Waals surface area (Å²) in [7, 11) is 0. The Morgan fingerprint density at radius 3 is 2.44 bits per heavy atom. The van der Waals surface area contributed by atoms with Gasteiger partial charge >= 0.3 is 17.9 Å². The molecule has 1 aliphatic heterocycles. The Bertz CT molecular complexity index is 907. The minimum absolute atomic E-state index is 0.00155. The monoisotopic (exact) mass is 446 g/mol. The maximum Gasteiger partial charge on any atom is 0.334 e. The largest absolute Gasteiger partial charge is 0.458 e. The molecule has 0 bridgehead atoms. The summed E-state index contributed by atoms with van der Waals surface area (Å²) >= 11 is 0. The highest BCUT2D eigenvalue weighted by Crippen LogP contribution is 2.40. The molecule has 8 nitrogen and oxygen atoms in total. The fourth-order valence-corrected chi connectivity index (χ4v) is 3.63. The molecule has 1 fully saturated rings. The van der Waals surface area contributed by atoms with Crippen LogP contribution in [0.1, 0.15) is 41.0 Å². The van der Waals surface area contributed by atoms with Crippen molar-refractivity contribution in [2.45, 2.75) is 65.0 Å². The number of rotatable bonds is 4. The van der Waals surface area contributed by atoms with Crippen molar-refractivity contribution in [1.82, 2.24) is 0 Å². The van der Waals surface area contributed by atoms with E-state index < -0.39 is 53.5 Å². The first-order valence-electron chi connectivity index (χ1n) is 10.4. The predicted octanol–water partition coefficient (Wildman–Crippen LogP) is 2.37. The van der Waals surface area contributed by atoms with Gasteiger partial charge in [0.15, 0.2) is 23.6 Å². The first-order valence-corrected chi connectivity index (χ1v) is 10.4. The summed E-state index contributed by atoms with van der Waals surface area (Å²) in [6, 6.07) is 0. The molecule has 1 N–H and O–H groups in total. The minimum atomic E-state index is -2.28. The second-order valence-corrected chi connectivity index (χ2v) is 8.53. The van der Waals surface area contributed by atoms with Crippen LogP contribution in [0.15, 0.2) is 48.1 Å². The molecule has 1 saturated heterocycles. The van der Waals surface area contributed by atoms with E-state index in [1.807, 2.05) is 6.92 Å². The average molecular weight is 446 g/mol. The fourth-order valence-electron chi connectivity index (χ4n) is 3.63. The van der Waals surface area contributed by atoms with Crippen LogP contribution < -0.4 is 0 Å². The van der Waals surface area contributed by atoms with Crippen molar-refractivity contribution in [3.63, 3.8) is 0 Å². The molecule has 2 aliphatic rings. The quantitative estimate of drug-likeness (QED) is 0.397. The second kappa shape index (κ2) is 9.65. The van der Waals surface area contributed by atoms with E-state index in [1.165, 1.54) is 32.9 Å². The first-order chi connectivity index (χ1) is 14.8. The molecule has 174 valence electrons. The Kier molecular flexibility index (Phi) is 7.62. The summed E-state index contributed by atoms with van der Waals surface area (Å²) < 4.78 is 16.6. The van der Waals surface area contributed by atoms with Crippen molar-refractivity contribution in [1.29, 1.82) is 0 Å². The number of carbonyl (C=O) groups is 4. The summed E-state index contributed by atoms with van der Waals surface area (Å²) in [6.45, 7) is 14.9. The Morgan fingerprint density at radius 2 is 1.88 bits per heavy atom. The summed E-state index contributed by atoms with van der Waals surface area (Å²) in [5.41, 5.74) is -2.02. The zero-order valence-electron chi connectivity index (χ0n) is 19.0. The molecule has 1 heterocycles. The van der Waals surface area contributed by atoms with E-state index in [4.69, 9.17) is 14.2 Å². The molecule has 32 heavy (non-hydrogen) atoms. The molecule has 0 amide bonds. The Morgan fingerprint density at radius 1 is 1.25 bits per heavy atom. The normalized spacial score (nSPS) is 34.2. The topological polar surface area (TPSA) is 116 Å². The van der Waals surface area contributed by atoms with Crippen LogP contribution in [0.4, 0.5) is 0 Å². The lowest BCUT2D eigenvalue weighted by atomic mass is 9.77. The molecule has 0 aromatic carbocycles. The number of aliphatic hydroxyl groups is 1. The van der Waals surface area contributed by atoms with E-state index >= 15 is 0 Å². The van der Waals surface area contributed by atoms with E-state index in [-0.39, 0.29) is 22.6 Å². The summed E-state index contributed by atoms with van der Waals surface area (Å²) in [6.07, 6.45) is 0.713. The van der Waals surface area contributed by atoms with Gasteiger partial charge in [-0.1, -0.05) is 32.2 Å². The van der Waals surface area contributed by atoms with Crippen molar-refractivity contribution >= 4 is 23.7 Å². The zero-order chi connectivity index (χ0) is 24.4. The van der Waals surface area contributed by atoms with Crippen molar-refractivity contribution in [3.8, 4) is 0 Å². The molecule has 0 aromatic heterocycles. The summed E-state index contributed by atoms with van der Waals surface area (Å²) in [5, 5.41) is 11.2. The van der Waals surface area contributed by atoms with E-state index in [1.54, 1.807) is 13.0 Å². The number of hydrogen-bond acceptors (Lipinski definition) is 8. The predicted molar refractivity (Wildman–Crippen MR) is 115 cm³/mol. The van der Waals surface area contributed by atoms with Crippen molar-refractivity contribution in [2.24, 2.45) is 11.8 Å². The minimum Gasteiger partial charge on any atom is -0.458 e. The summed E-state index contributed by atoms with van der Waals surface area (Å²) in [4.78, 5) is 50.4. The highest BCUT2D eigenvalue weighted by atomic mass is 16.6. The van der Waals surface area contributed by atoms with Crippen LogP contribution in [0.2, 0.25) is 0 Å². The molecule has 1 aliphatic carbocycles. The molecule has 0 spiro atoms. The number of allylic oxidation sites excluding steroid dienone is 2. The molecule has 8 heteroatoms. The third kappa shape index (κ3) is 5.07. The van der Waals surface area contributed by atoms with Crippen LogP contribution in [0.3, 0.4) is 0 Å². The zero-order valence-corrected chi connectivity index (χ0v) is 19.0. The van der Waals surface area contributed by atoms with Gasteiger partial charge in [0, 0.05) is 16.7 Å². The SMILES string of the molecule is C=C(C)C(=O)O[C@H]1[C@H]2C(=C)C(=O)O[C@@H]2C[C@H](C)/C=C\C(=O)[C@@](C)(O)[C@@H]1OC(=O)/C(C)=C\C. The van der Waals surface area contributed by atoms with Crippen LogP contribution in [-0.2, 0) is 33.4 Å². The van der Waals surface area contributed by atoms with Crippen LogP contribution in [-0.4, -0.2) is 52.7 Å². The highest BCUT2D eigenvalue weighted by molar-refractivity contribution is 5.98. The molecule has 0 saturated carbocycles. The Hall–Kier alpha value is -3.00. The smallest absolute Gasteiger partial charge is 0.334 e. The highest BCUT2D eigenvalue weighted by Gasteiger charge is 2.56. The number of esters is 3. The van der Waals surface area contributed by atoms with Gasteiger partial charge < -0.3 is 19.3 Å².